The van der Waals surface area contributed by atoms with Crippen molar-refractivity contribution in [2.24, 2.45) is 0 Å². The number of nitrogens with zero attached hydrogens (tertiary/aromatic N) is 1. The number of benzene rings is 1. The van der Waals surface area contributed by atoms with E-state index in [1.807, 2.05) is 18.2 Å². The Hall–Kier alpha value is -2.39. The number of hydrogen-bond acceptors (Lipinski definition) is 5. The zero-order valence-corrected chi connectivity index (χ0v) is 16.0. The lowest BCUT2D eigenvalue weighted by molar-refractivity contribution is -0.136. The topological polar surface area (TPSA) is 90.5 Å². The second kappa shape index (κ2) is 7.79. The summed E-state index contributed by atoms with van der Waals surface area (Å²) in [6.07, 6.45) is 0.992. The van der Waals surface area contributed by atoms with Crippen LogP contribution in [0.3, 0.4) is 0 Å². The van der Waals surface area contributed by atoms with Crippen LogP contribution in [-0.4, -0.2) is 53.7 Å². The second-order valence-electron chi connectivity index (χ2n) is 7.95. The van der Waals surface area contributed by atoms with Crippen LogP contribution in [0.5, 0.6) is 0 Å². The van der Waals surface area contributed by atoms with Gasteiger partial charge in [-0.3, -0.25) is 19.7 Å². The third kappa shape index (κ3) is 4.16. The van der Waals surface area contributed by atoms with E-state index < -0.39 is 17.9 Å². The first-order chi connectivity index (χ1) is 13.8. The molecule has 3 amide bonds. The highest BCUT2D eigenvalue weighted by atomic mass is 19.3. The van der Waals surface area contributed by atoms with Gasteiger partial charge in [0.05, 0.1) is 6.54 Å². The fourth-order valence-electron chi connectivity index (χ4n) is 4.34. The molecule has 2 fully saturated rings. The summed E-state index contributed by atoms with van der Waals surface area (Å²) in [5, 5.41) is 8.37. The highest BCUT2D eigenvalue weighted by molar-refractivity contribution is 6.05. The third-order valence-corrected chi connectivity index (χ3v) is 5.82. The van der Waals surface area contributed by atoms with Crippen molar-refractivity contribution in [1.82, 2.24) is 20.9 Å². The van der Waals surface area contributed by atoms with Gasteiger partial charge in [0.25, 0.3) is 11.8 Å². The molecule has 1 aromatic carbocycles. The zero-order valence-electron chi connectivity index (χ0n) is 16.0. The molecular formula is C20H24F2N4O3. The maximum atomic E-state index is 13.2. The number of carbonyl (C=O) groups excluding carboxylic acids is 3. The van der Waals surface area contributed by atoms with Crippen molar-refractivity contribution >= 4 is 17.7 Å². The van der Waals surface area contributed by atoms with Crippen LogP contribution in [-0.2, 0) is 22.7 Å². The fourth-order valence-corrected chi connectivity index (χ4v) is 4.34. The van der Waals surface area contributed by atoms with E-state index >= 15 is 0 Å². The number of rotatable bonds is 6. The predicted molar refractivity (Wildman–Crippen MR) is 100 cm³/mol. The predicted octanol–water partition coefficient (Wildman–Crippen LogP) is 0.925. The van der Waals surface area contributed by atoms with E-state index in [4.69, 9.17) is 0 Å². The lowest BCUT2D eigenvalue weighted by Gasteiger charge is -2.29. The first kappa shape index (κ1) is 19.9. The first-order valence-corrected chi connectivity index (χ1v) is 9.91. The van der Waals surface area contributed by atoms with Crippen LogP contribution >= 0.6 is 0 Å². The molecular weight excluding hydrogens is 382 g/mol. The summed E-state index contributed by atoms with van der Waals surface area (Å²) in [5.41, 5.74) is 2.28. The van der Waals surface area contributed by atoms with Crippen molar-refractivity contribution in [3.63, 3.8) is 0 Å². The fraction of sp³-hybridized carbons (Fsp3) is 0.550. The maximum Gasteiger partial charge on any atom is 0.261 e. The van der Waals surface area contributed by atoms with Gasteiger partial charge >= 0.3 is 0 Å². The molecule has 0 aromatic heterocycles. The molecule has 0 bridgehead atoms. The van der Waals surface area contributed by atoms with Crippen molar-refractivity contribution in [2.75, 3.05) is 13.1 Å². The molecule has 3 aliphatic rings. The molecule has 0 spiro atoms. The molecule has 3 N–H and O–H groups in total. The highest BCUT2D eigenvalue weighted by Gasteiger charge is 2.40. The second-order valence-corrected chi connectivity index (χ2v) is 7.95. The van der Waals surface area contributed by atoms with E-state index in [1.165, 1.54) is 4.90 Å². The molecule has 1 aromatic rings. The molecule has 0 radical (unpaired) electrons. The molecule has 9 heteroatoms. The van der Waals surface area contributed by atoms with Gasteiger partial charge in [-0.05, 0) is 30.5 Å². The molecule has 0 saturated carbocycles. The van der Waals surface area contributed by atoms with Crippen molar-refractivity contribution in [3.05, 3.63) is 34.9 Å². The summed E-state index contributed by atoms with van der Waals surface area (Å²) in [7, 11) is 0. The molecule has 7 nitrogen and oxygen atoms in total. The maximum absolute atomic E-state index is 13.2. The van der Waals surface area contributed by atoms with Gasteiger partial charge in [-0.1, -0.05) is 18.2 Å². The number of halogens is 2. The van der Waals surface area contributed by atoms with Crippen LogP contribution in [0.15, 0.2) is 18.2 Å². The molecule has 0 aliphatic carbocycles. The minimum Gasteiger partial charge on any atom is -0.322 e. The summed E-state index contributed by atoms with van der Waals surface area (Å²) in [4.78, 5) is 38.1. The van der Waals surface area contributed by atoms with E-state index in [-0.39, 0.29) is 37.2 Å². The van der Waals surface area contributed by atoms with Gasteiger partial charge in [0.2, 0.25) is 11.8 Å². The van der Waals surface area contributed by atoms with Crippen LogP contribution in [0.4, 0.5) is 8.78 Å². The van der Waals surface area contributed by atoms with Crippen molar-refractivity contribution < 1.29 is 23.2 Å². The van der Waals surface area contributed by atoms with Crippen LogP contribution in [0.1, 0.15) is 47.2 Å². The number of carbonyl (C=O) groups is 3. The van der Waals surface area contributed by atoms with Crippen LogP contribution in [0, 0.1) is 0 Å². The Morgan fingerprint density at radius 2 is 2.07 bits per heavy atom. The highest BCUT2D eigenvalue weighted by Crippen LogP contribution is 2.30. The number of hydrogen-bond donors (Lipinski definition) is 3. The molecule has 4 rings (SSSR count). The van der Waals surface area contributed by atoms with Gasteiger partial charge in [0.1, 0.15) is 6.04 Å². The molecule has 156 valence electrons. The smallest absolute Gasteiger partial charge is 0.261 e. The lowest BCUT2D eigenvalue weighted by atomic mass is 10.0. The average Bonchev–Trinajstić information content (AvgIpc) is 3.18. The van der Waals surface area contributed by atoms with Crippen molar-refractivity contribution in [1.29, 1.82) is 0 Å². The Morgan fingerprint density at radius 3 is 2.79 bits per heavy atom. The normalized spacial score (nSPS) is 26.0. The summed E-state index contributed by atoms with van der Waals surface area (Å²) >= 11 is 0. The molecule has 3 heterocycles. The average molecular weight is 406 g/mol. The summed E-state index contributed by atoms with van der Waals surface area (Å²) in [6.45, 7) is 1.08. The van der Waals surface area contributed by atoms with Gasteiger partial charge in [0.15, 0.2) is 0 Å². The standard InChI is InChI=1S/C20H24F2N4O3/c21-20(22)8-14(24-11-20)6-7-23-9-12-2-1-3-13-10-26(19(29)17(12)13)15-4-5-16(27)25-18(15)28/h1-3,14-15,23-24H,4-11H2,(H,25,27,28). The van der Waals surface area contributed by atoms with Crippen molar-refractivity contribution in [3.8, 4) is 0 Å². The SMILES string of the molecule is O=C1CCC(N2Cc3cccc(CNCCC4CC(F)(F)CN4)c3C2=O)C(=O)N1. The lowest BCUT2D eigenvalue weighted by Crippen LogP contribution is -2.52. The number of imide groups is 1. The van der Waals surface area contributed by atoms with Crippen LogP contribution in [0.2, 0.25) is 0 Å². The number of alkyl halides is 2. The molecule has 2 unspecified atom stereocenters. The summed E-state index contributed by atoms with van der Waals surface area (Å²) in [6, 6.07) is 4.76. The molecule has 3 aliphatic heterocycles. The third-order valence-electron chi connectivity index (χ3n) is 5.82. The number of piperidine rings is 1. The number of fused-ring (bicyclic) bond motifs is 1. The van der Waals surface area contributed by atoms with Gasteiger partial charge in [0, 0.05) is 37.5 Å². The van der Waals surface area contributed by atoms with E-state index in [0.29, 0.717) is 38.0 Å². The number of amides is 3. The van der Waals surface area contributed by atoms with Gasteiger partial charge in [-0.2, -0.15) is 0 Å². The van der Waals surface area contributed by atoms with E-state index in [2.05, 4.69) is 16.0 Å². The minimum absolute atomic E-state index is 0.144. The van der Waals surface area contributed by atoms with Crippen LogP contribution < -0.4 is 16.0 Å². The van der Waals surface area contributed by atoms with Gasteiger partial charge in [-0.25, -0.2) is 8.78 Å². The molecule has 29 heavy (non-hydrogen) atoms. The van der Waals surface area contributed by atoms with E-state index in [0.717, 1.165) is 11.1 Å². The molecule has 2 atom stereocenters. The summed E-state index contributed by atoms with van der Waals surface area (Å²) in [5.74, 6) is -3.57. The first-order valence-electron chi connectivity index (χ1n) is 9.91. The minimum atomic E-state index is -2.63. The summed E-state index contributed by atoms with van der Waals surface area (Å²) < 4.78 is 26.5. The Kier molecular flexibility index (Phi) is 5.35. The van der Waals surface area contributed by atoms with Gasteiger partial charge in [-0.15, -0.1) is 0 Å². The van der Waals surface area contributed by atoms with Crippen LogP contribution in [0.25, 0.3) is 0 Å². The van der Waals surface area contributed by atoms with E-state index in [1.54, 1.807) is 0 Å². The monoisotopic (exact) mass is 406 g/mol. The zero-order chi connectivity index (χ0) is 20.6. The Balaban J connectivity index is 1.36. The number of nitrogens with one attached hydrogen (secondary N) is 3. The Labute approximate surface area is 167 Å². The molecule has 2 saturated heterocycles. The van der Waals surface area contributed by atoms with Crippen molar-refractivity contribution in [2.45, 2.75) is 56.8 Å². The van der Waals surface area contributed by atoms with E-state index in [9.17, 15) is 23.2 Å². The largest absolute Gasteiger partial charge is 0.322 e. The Bertz CT molecular complexity index is 845. The van der Waals surface area contributed by atoms with Gasteiger partial charge < -0.3 is 15.5 Å². The Morgan fingerprint density at radius 1 is 1.24 bits per heavy atom. The quantitative estimate of drug-likeness (QED) is 0.483.